The minimum Gasteiger partial charge on any atom is -0.345 e. The molecule has 1 amide bonds. The van der Waals surface area contributed by atoms with Crippen LogP contribution in [-0.2, 0) is 18.3 Å². The number of aryl methyl sites for hydroxylation is 2. The number of aromatic amines is 1. The maximum absolute atomic E-state index is 12.2. The van der Waals surface area contributed by atoms with Crippen molar-refractivity contribution in [3.8, 4) is 0 Å². The van der Waals surface area contributed by atoms with Crippen molar-refractivity contribution in [1.82, 2.24) is 35.3 Å². The van der Waals surface area contributed by atoms with Crippen LogP contribution < -0.4 is 5.32 Å². The van der Waals surface area contributed by atoms with E-state index in [1.165, 1.54) is 18.1 Å². The van der Waals surface area contributed by atoms with Gasteiger partial charge in [0.15, 0.2) is 0 Å². The molecule has 0 aliphatic heterocycles. The first-order valence-electron chi connectivity index (χ1n) is 7.66. The van der Waals surface area contributed by atoms with Crippen LogP contribution in [0.4, 0.5) is 0 Å². The van der Waals surface area contributed by atoms with Gasteiger partial charge in [-0.05, 0) is 12.3 Å². The molecule has 2 rings (SSSR count). The van der Waals surface area contributed by atoms with Crippen LogP contribution in [0, 0.1) is 5.92 Å². The van der Waals surface area contributed by atoms with Crippen LogP contribution in [0.25, 0.3) is 0 Å². The lowest BCUT2D eigenvalue weighted by Crippen LogP contribution is -2.32. The molecular weight excluding hydrogens is 314 g/mol. The average Bonchev–Trinajstić information content (AvgIpc) is 3.12. The molecule has 9 heteroatoms. The summed E-state index contributed by atoms with van der Waals surface area (Å²) >= 11 is 1.32. The van der Waals surface area contributed by atoms with E-state index in [1.54, 1.807) is 4.68 Å². The molecule has 2 aromatic rings. The third kappa shape index (κ3) is 5.05. The van der Waals surface area contributed by atoms with Crippen LogP contribution in [0.5, 0.6) is 0 Å². The predicted molar refractivity (Wildman–Crippen MR) is 87.8 cm³/mol. The van der Waals surface area contributed by atoms with Crippen molar-refractivity contribution in [3.63, 3.8) is 0 Å². The van der Waals surface area contributed by atoms with Gasteiger partial charge in [0.1, 0.15) is 18.0 Å². The Kier molecular flexibility index (Phi) is 6.14. The van der Waals surface area contributed by atoms with Gasteiger partial charge in [-0.15, -0.1) is 5.10 Å². The van der Waals surface area contributed by atoms with E-state index in [2.05, 4.69) is 44.4 Å². The largest absolute Gasteiger partial charge is 0.345 e. The molecule has 23 heavy (non-hydrogen) atoms. The molecule has 0 radical (unpaired) electrons. The molecular formula is C14H23N7OS. The van der Waals surface area contributed by atoms with Gasteiger partial charge in [0.2, 0.25) is 11.1 Å². The number of thioether (sulfide) groups is 1. The molecule has 1 atom stereocenters. The highest BCUT2D eigenvalue weighted by Crippen LogP contribution is 2.19. The highest BCUT2D eigenvalue weighted by Gasteiger charge is 2.20. The third-order valence-electron chi connectivity index (χ3n) is 3.28. The van der Waals surface area contributed by atoms with Crippen molar-refractivity contribution in [1.29, 1.82) is 0 Å². The van der Waals surface area contributed by atoms with E-state index in [0.29, 0.717) is 11.1 Å². The van der Waals surface area contributed by atoms with Crippen molar-refractivity contribution in [2.45, 2.75) is 44.8 Å². The van der Waals surface area contributed by atoms with E-state index in [9.17, 15) is 4.79 Å². The zero-order chi connectivity index (χ0) is 16.8. The Morgan fingerprint density at radius 1 is 1.48 bits per heavy atom. The van der Waals surface area contributed by atoms with Crippen LogP contribution in [-0.4, -0.2) is 41.6 Å². The summed E-state index contributed by atoms with van der Waals surface area (Å²) in [6.45, 7) is 6.23. The van der Waals surface area contributed by atoms with Gasteiger partial charge in [-0.25, -0.2) is 9.97 Å². The maximum Gasteiger partial charge on any atom is 0.231 e. The molecule has 0 spiro atoms. The van der Waals surface area contributed by atoms with Crippen LogP contribution in [0.2, 0.25) is 0 Å². The van der Waals surface area contributed by atoms with E-state index in [-0.39, 0.29) is 17.7 Å². The number of nitrogens with one attached hydrogen (secondary N) is 2. The van der Waals surface area contributed by atoms with E-state index in [4.69, 9.17) is 0 Å². The first-order valence-corrected chi connectivity index (χ1v) is 8.65. The number of rotatable bonds is 8. The molecule has 0 aliphatic carbocycles. The van der Waals surface area contributed by atoms with Crippen LogP contribution in [0.3, 0.4) is 0 Å². The molecule has 0 saturated carbocycles. The first-order chi connectivity index (χ1) is 11.0. The second-order valence-corrected chi connectivity index (χ2v) is 6.64. The van der Waals surface area contributed by atoms with Gasteiger partial charge in [0, 0.05) is 13.5 Å². The molecule has 8 nitrogen and oxygen atoms in total. The minimum atomic E-state index is -0.144. The number of nitrogens with zero attached hydrogens (tertiary/aromatic N) is 5. The Morgan fingerprint density at radius 3 is 2.83 bits per heavy atom. The molecule has 2 aromatic heterocycles. The van der Waals surface area contributed by atoms with E-state index >= 15 is 0 Å². The fraction of sp³-hybridized carbons (Fsp3) is 0.643. The molecule has 0 aliphatic rings. The van der Waals surface area contributed by atoms with Gasteiger partial charge in [0.25, 0.3) is 0 Å². The number of amides is 1. The van der Waals surface area contributed by atoms with Gasteiger partial charge < -0.3 is 5.32 Å². The summed E-state index contributed by atoms with van der Waals surface area (Å²) in [4.78, 5) is 20.8. The first kappa shape index (κ1) is 17.5. The molecule has 2 N–H and O–H groups in total. The summed E-state index contributed by atoms with van der Waals surface area (Å²) in [6.07, 6.45) is 3.11. The number of carbonyl (C=O) groups excluding carboxylic acids is 1. The van der Waals surface area contributed by atoms with Gasteiger partial charge >= 0.3 is 0 Å². The van der Waals surface area contributed by atoms with Crippen molar-refractivity contribution in [2.75, 3.05) is 5.75 Å². The highest BCUT2D eigenvalue weighted by atomic mass is 32.2. The molecule has 0 unspecified atom stereocenters. The number of aromatic nitrogens is 6. The summed E-state index contributed by atoms with van der Waals surface area (Å²) < 4.78 is 1.70. The third-order valence-corrected chi connectivity index (χ3v) is 4.13. The lowest BCUT2D eigenvalue weighted by atomic mass is 10.0. The number of hydrogen-bond acceptors (Lipinski definition) is 6. The fourth-order valence-electron chi connectivity index (χ4n) is 2.19. The van der Waals surface area contributed by atoms with Gasteiger partial charge in [-0.1, -0.05) is 32.5 Å². The summed E-state index contributed by atoms with van der Waals surface area (Å²) in [5.74, 6) is 2.23. The topological polar surface area (TPSA) is 101 Å². The van der Waals surface area contributed by atoms with Crippen molar-refractivity contribution >= 4 is 17.7 Å². The lowest BCUT2D eigenvalue weighted by molar-refractivity contribution is -0.119. The molecule has 0 fully saturated rings. The van der Waals surface area contributed by atoms with Crippen molar-refractivity contribution in [2.24, 2.45) is 13.0 Å². The maximum atomic E-state index is 12.2. The predicted octanol–water partition coefficient (Wildman–Crippen LogP) is 1.49. The second kappa shape index (κ2) is 8.09. The molecule has 126 valence electrons. The standard InChI is InChI=1S/C14H23N7OS/c1-5-11-18-14(20-19-11)23-7-12(22)17-10(6-9(2)3)13-15-8-16-21(13)4/h8-10H,5-7H2,1-4H3,(H,17,22)(H,18,19,20)/t10-/m1/s1. The summed E-state index contributed by atoms with van der Waals surface area (Å²) in [5.41, 5.74) is 0. The normalized spacial score (nSPS) is 12.6. The zero-order valence-electron chi connectivity index (χ0n) is 13.9. The number of H-pyrrole nitrogens is 1. The Balaban J connectivity index is 1.93. The lowest BCUT2D eigenvalue weighted by Gasteiger charge is -2.19. The molecule has 0 bridgehead atoms. The number of carbonyl (C=O) groups is 1. The van der Waals surface area contributed by atoms with Crippen LogP contribution in [0.15, 0.2) is 11.5 Å². The Bertz CT molecular complexity index is 637. The summed E-state index contributed by atoms with van der Waals surface area (Å²) in [6, 6.07) is -0.144. The van der Waals surface area contributed by atoms with Gasteiger partial charge in [-0.2, -0.15) is 5.10 Å². The molecule has 0 aromatic carbocycles. The van der Waals surface area contributed by atoms with E-state index in [1.807, 2.05) is 14.0 Å². The molecule has 2 heterocycles. The van der Waals surface area contributed by atoms with Crippen LogP contribution in [0.1, 0.15) is 44.9 Å². The monoisotopic (exact) mass is 337 g/mol. The highest BCUT2D eigenvalue weighted by molar-refractivity contribution is 7.99. The van der Waals surface area contributed by atoms with E-state index in [0.717, 1.165) is 24.5 Å². The second-order valence-electron chi connectivity index (χ2n) is 5.70. The van der Waals surface area contributed by atoms with Crippen molar-refractivity contribution in [3.05, 3.63) is 18.0 Å². The summed E-state index contributed by atoms with van der Waals surface area (Å²) in [5, 5.41) is 14.6. The minimum absolute atomic E-state index is 0.0634. The quantitative estimate of drug-likeness (QED) is 0.708. The average molecular weight is 337 g/mol. The Labute approximate surface area is 139 Å². The van der Waals surface area contributed by atoms with E-state index < -0.39 is 0 Å². The fourth-order valence-corrected chi connectivity index (χ4v) is 2.82. The zero-order valence-corrected chi connectivity index (χ0v) is 14.7. The molecule has 0 saturated heterocycles. The summed E-state index contributed by atoms with van der Waals surface area (Å²) in [7, 11) is 1.83. The van der Waals surface area contributed by atoms with Gasteiger partial charge in [-0.3, -0.25) is 14.6 Å². The smallest absolute Gasteiger partial charge is 0.231 e. The van der Waals surface area contributed by atoms with Crippen LogP contribution >= 0.6 is 11.8 Å². The van der Waals surface area contributed by atoms with Gasteiger partial charge in [0.05, 0.1) is 11.8 Å². The SMILES string of the molecule is CCc1nc(SCC(=O)N[C@H](CC(C)C)c2ncnn2C)n[nH]1. The number of hydrogen-bond donors (Lipinski definition) is 2. The Morgan fingerprint density at radius 2 is 2.26 bits per heavy atom. The van der Waals surface area contributed by atoms with Crippen molar-refractivity contribution < 1.29 is 4.79 Å². The Hall–Kier alpha value is -1.90.